The highest BCUT2D eigenvalue weighted by molar-refractivity contribution is 9.10. The first-order valence-electron chi connectivity index (χ1n) is 10.8. The number of nitrogens with one attached hydrogen (secondary N) is 1. The second-order valence-electron chi connectivity index (χ2n) is 8.20. The second-order valence-corrected chi connectivity index (χ2v) is 9.12. The molecule has 2 rings (SSSR count). The molecule has 0 spiro atoms. The first-order valence-corrected chi connectivity index (χ1v) is 11.6. The van der Waals surface area contributed by atoms with Gasteiger partial charge in [-0.05, 0) is 74.9 Å². The molecule has 2 aromatic rings. The maximum Gasteiger partial charge on any atom is 0.321 e. The van der Waals surface area contributed by atoms with Gasteiger partial charge in [0.05, 0.1) is 13.7 Å². The lowest BCUT2D eigenvalue weighted by atomic mass is 9.98. The van der Waals surface area contributed by atoms with Crippen molar-refractivity contribution in [2.75, 3.05) is 59.3 Å². The molecule has 2 atom stereocenters. The van der Waals surface area contributed by atoms with E-state index in [0.29, 0.717) is 25.3 Å². The first-order chi connectivity index (χ1) is 15.4. The molecule has 1 unspecified atom stereocenters. The molecule has 0 saturated carbocycles. The third-order valence-electron chi connectivity index (χ3n) is 5.31. The van der Waals surface area contributed by atoms with Crippen LogP contribution in [0.25, 0.3) is 0 Å². The van der Waals surface area contributed by atoms with Gasteiger partial charge in [-0.2, -0.15) is 0 Å². The monoisotopic (exact) mass is 506 g/mol. The molecule has 0 aromatic heterocycles. The summed E-state index contributed by atoms with van der Waals surface area (Å²) in [7, 11) is 5.64. The van der Waals surface area contributed by atoms with Gasteiger partial charge >= 0.3 is 6.03 Å². The predicted molar refractivity (Wildman–Crippen MR) is 133 cm³/mol. The van der Waals surface area contributed by atoms with Crippen LogP contribution in [0.15, 0.2) is 53.0 Å². The maximum absolute atomic E-state index is 13.3. The van der Waals surface area contributed by atoms with Crippen LogP contribution in [0.3, 0.4) is 0 Å². The molecule has 0 bridgehead atoms. The smallest absolute Gasteiger partial charge is 0.321 e. The van der Waals surface area contributed by atoms with Gasteiger partial charge in [0.15, 0.2) is 0 Å². The van der Waals surface area contributed by atoms with E-state index in [-0.39, 0.29) is 24.5 Å². The molecule has 32 heavy (non-hydrogen) atoms. The van der Waals surface area contributed by atoms with Gasteiger partial charge in [0.2, 0.25) is 0 Å². The van der Waals surface area contributed by atoms with Crippen molar-refractivity contribution in [3.63, 3.8) is 0 Å². The maximum atomic E-state index is 13.3. The van der Waals surface area contributed by atoms with Crippen molar-refractivity contribution in [3.8, 4) is 5.75 Å². The van der Waals surface area contributed by atoms with Gasteiger partial charge in [-0.25, -0.2) is 4.79 Å². The molecule has 176 valence electrons. The Kier molecular flexibility index (Phi) is 11.0. The van der Waals surface area contributed by atoms with Crippen LogP contribution in [0.5, 0.6) is 5.75 Å². The molecule has 4 N–H and O–H groups in total. The molecule has 2 amide bonds. The SMILES string of the molecule is COc1ccc(NC(=O)N(CC(CCN)CN(C)C)C[C@H](CO)c2ccc(Br)cc2)cc1. The number of rotatable bonds is 12. The Morgan fingerprint density at radius 3 is 2.28 bits per heavy atom. The number of carbonyl (C=O) groups is 1. The van der Waals surface area contributed by atoms with Crippen molar-refractivity contribution in [1.82, 2.24) is 9.80 Å². The van der Waals surface area contributed by atoms with Gasteiger partial charge in [0.25, 0.3) is 0 Å². The first kappa shape index (κ1) is 26.1. The average molecular weight is 507 g/mol. The summed E-state index contributed by atoms with van der Waals surface area (Å²) < 4.78 is 6.17. The van der Waals surface area contributed by atoms with E-state index in [1.165, 1.54) is 0 Å². The number of halogens is 1. The fourth-order valence-corrected chi connectivity index (χ4v) is 3.96. The summed E-state index contributed by atoms with van der Waals surface area (Å²) in [4.78, 5) is 17.2. The van der Waals surface area contributed by atoms with Crippen molar-refractivity contribution >= 4 is 27.6 Å². The number of hydrogen-bond donors (Lipinski definition) is 3. The van der Waals surface area contributed by atoms with E-state index in [4.69, 9.17) is 10.5 Å². The van der Waals surface area contributed by atoms with E-state index in [0.717, 1.165) is 28.8 Å². The summed E-state index contributed by atoms with van der Waals surface area (Å²) in [5.74, 6) is 0.757. The Labute approximate surface area is 199 Å². The lowest BCUT2D eigenvalue weighted by Gasteiger charge is -2.32. The van der Waals surface area contributed by atoms with Crippen LogP contribution in [0, 0.1) is 5.92 Å². The van der Waals surface area contributed by atoms with Crippen molar-refractivity contribution in [1.29, 1.82) is 0 Å². The number of nitrogens with zero attached hydrogens (tertiary/aromatic N) is 2. The van der Waals surface area contributed by atoms with Gasteiger partial charge in [-0.1, -0.05) is 28.1 Å². The Morgan fingerprint density at radius 2 is 1.75 bits per heavy atom. The average Bonchev–Trinajstić information content (AvgIpc) is 2.77. The highest BCUT2D eigenvalue weighted by atomic mass is 79.9. The minimum atomic E-state index is -0.202. The molecule has 7 nitrogen and oxygen atoms in total. The summed E-state index contributed by atoms with van der Waals surface area (Å²) in [6.07, 6.45) is 0.812. The Balaban J connectivity index is 2.22. The van der Waals surface area contributed by atoms with Crippen LogP contribution in [0.4, 0.5) is 10.5 Å². The summed E-state index contributed by atoms with van der Waals surface area (Å²) in [6.45, 7) is 2.27. The number of amides is 2. The standard InChI is InChI=1S/C24H35BrN4O3/c1-28(2)14-18(12-13-26)15-29(16-20(17-30)19-4-6-21(25)7-5-19)24(31)27-22-8-10-23(32-3)11-9-22/h4-11,18,20,30H,12-17,26H2,1-3H3,(H,27,31)/t18?,20-/m1/s1. The molecular formula is C24H35BrN4O3. The van der Waals surface area contributed by atoms with Crippen molar-refractivity contribution < 1.29 is 14.6 Å². The third kappa shape index (κ3) is 8.43. The number of hydrogen-bond acceptors (Lipinski definition) is 5. The zero-order valence-electron chi connectivity index (χ0n) is 19.1. The van der Waals surface area contributed by atoms with E-state index >= 15 is 0 Å². The van der Waals surface area contributed by atoms with Gasteiger partial charge < -0.3 is 30.7 Å². The minimum Gasteiger partial charge on any atom is -0.497 e. The van der Waals surface area contributed by atoms with Gasteiger partial charge in [0, 0.05) is 35.7 Å². The number of benzene rings is 2. The lowest BCUT2D eigenvalue weighted by Crippen LogP contribution is -2.43. The Morgan fingerprint density at radius 1 is 1.09 bits per heavy atom. The van der Waals surface area contributed by atoms with E-state index in [1.54, 1.807) is 12.0 Å². The van der Waals surface area contributed by atoms with Crippen LogP contribution in [-0.4, -0.2) is 74.9 Å². The van der Waals surface area contributed by atoms with Crippen LogP contribution >= 0.6 is 15.9 Å². The molecule has 0 saturated heterocycles. The van der Waals surface area contributed by atoms with Crippen molar-refractivity contribution in [3.05, 3.63) is 58.6 Å². The highest BCUT2D eigenvalue weighted by Gasteiger charge is 2.24. The van der Waals surface area contributed by atoms with Gasteiger partial charge in [-0.15, -0.1) is 0 Å². The van der Waals surface area contributed by atoms with E-state index in [1.807, 2.05) is 62.6 Å². The zero-order valence-corrected chi connectivity index (χ0v) is 20.7. The summed E-state index contributed by atoms with van der Waals surface area (Å²) in [5.41, 5.74) is 7.52. The Bertz CT molecular complexity index is 815. The lowest BCUT2D eigenvalue weighted by molar-refractivity contribution is 0.171. The molecule has 0 aliphatic carbocycles. The topological polar surface area (TPSA) is 91.1 Å². The molecule has 0 fully saturated rings. The fourth-order valence-electron chi connectivity index (χ4n) is 3.69. The normalized spacial score (nSPS) is 13.0. The number of nitrogens with two attached hydrogens (primary N) is 1. The molecule has 0 heterocycles. The number of anilines is 1. The van der Waals surface area contributed by atoms with Crippen molar-refractivity contribution in [2.45, 2.75) is 12.3 Å². The zero-order chi connectivity index (χ0) is 23.5. The largest absolute Gasteiger partial charge is 0.497 e. The third-order valence-corrected chi connectivity index (χ3v) is 5.84. The minimum absolute atomic E-state index is 0.0524. The number of ether oxygens (including phenoxy) is 1. The number of carbonyl (C=O) groups excluding carboxylic acids is 1. The number of urea groups is 1. The van der Waals surface area contributed by atoms with E-state index < -0.39 is 0 Å². The van der Waals surface area contributed by atoms with E-state index in [9.17, 15) is 9.90 Å². The summed E-state index contributed by atoms with van der Waals surface area (Å²) >= 11 is 3.45. The highest BCUT2D eigenvalue weighted by Crippen LogP contribution is 2.22. The van der Waals surface area contributed by atoms with E-state index in [2.05, 4.69) is 26.1 Å². The molecule has 0 aliphatic rings. The molecule has 0 radical (unpaired) electrons. The molecule has 0 aliphatic heterocycles. The molecular weight excluding hydrogens is 472 g/mol. The molecule has 8 heteroatoms. The number of aliphatic hydroxyl groups excluding tert-OH is 1. The van der Waals surface area contributed by atoms with Crippen LogP contribution in [-0.2, 0) is 0 Å². The van der Waals surface area contributed by atoms with Crippen molar-refractivity contribution in [2.24, 2.45) is 11.7 Å². The molecule has 2 aromatic carbocycles. The Hall–Kier alpha value is -2.13. The second kappa shape index (κ2) is 13.4. The van der Waals surface area contributed by atoms with Crippen LogP contribution in [0.2, 0.25) is 0 Å². The summed E-state index contributed by atoms with van der Waals surface area (Å²) in [6, 6.07) is 14.9. The van der Waals surface area contributed by atoms with Gasteiger partial charge in [0.1, 0.15) is 5.75 Å². The van der Waals surface area contributed by atoms with Crippen LogP contribution < -0.4 is 15.8 Å². The number of methoxy groups -OCH3 is 1. The fraction of sp³-hybridized carbons (Fsp3) is 0.458. The predicted octanol–water partition coefficient (Wildman–Crippen LogP) is 3.59. The number of aliphatic hydroxyl groups is 1. The van der Waals surface area contributed by atoms with Gasteiger partial charge in [-0.3, -0.25) is 0 Å². The van der Waals surface area contributed by atoms with Crippen LogP contribution in [0.1, 0.15) is 17.9 Å². The quantitative estimate of drug-likeness (QED) is 0.409. The summed E-state index contributed by atoms with van der Waals surface area (Å²) in [5, 5.41) is 13.1.